The number of amides is 1. The smallest absolute Gasteiger partial charge is 0.238 e. The van der Waals surface area contributed by atoms with Gasteiger partial charge in [0.05, 0.1) is 6.54 Å². The quantitative estimate of drug-likeness (QED) is 0.876. The molecule has 1 amide bonds. The lowest BCUT2D eigenvalue weighted by atomic mass is 9.79. The Morgan fingerprint density at radius 1 is 1.20 bits per heavy atom. The Morgan fingerprint density at radius 3 is 2.55 bits per heavy atom. The molecular weight excluding hydrogens is 316 g/mol. The first-order valence-corrected chi connectivity index (χ1v) is 8.12. The van der Waals surface area contributed by atoms with Crippen molar-refractivity contribution >= 4 is 27.5 Å². The number of benzene rings is 1. The van der Waals surface area contributed by atoms with Crippen LogP contribution in [-0.2, 0) is 4.79 Å². The summed E-state index contributed by atoms with van der Waals surface area (Å²) in [5.74, 6) is 1.58. The zero-order valence-electron chi connectivity index (χ0n) is 12.2. The molecule has 0 spiro atoms. The van der Waals surface area contributed by atoms with E-state index in [4.69, 9.17) is 0 Å². The molecule has 20 heavy (non-hydrogen) atoms. The maximum absolute atomic E-state index is 11.9. The van der Waals surface area contributed by atoms with Gasteiger partial charge in [-0.25, -0.2) is 0 Å². The van der Waals surface area contributed by atoms with E-state index >= 15 is 0 Å². The molecule has 1 saturated carbocycles. The van der Waals surface area contributed by atoms with Crippen molar-refractivity contribution in [2.45, 2.75) is 39.2 Å². The minimum absolute atomic E-state index is 0.0265. The minimum Gasteiger partial charge on any atom is -0.325 e. The van der Waals surface area contributed by atoms with Crippen molar-refractivity contribution in [3.05, 3.63) is 28.7 Å². The van der Waals surface area contributed by atoms with Gasteiger partial charge in [-0.1, -0.05) is 29.8 Å². The molecule has 110 valence electrons. The molecule has 0 aromatic heterocycles. The van der Waals surface area contributed by atoms with Crippen molar-refractivity contribution in [2.75, 3.05) is 11.9 Å². The highest BCUT2D eigenvalue weighted by atomic mass is 79.9. The van der Waals surface area contributed by atoms with E-state index in [0.29, 0.717) is 12.6 Å². The minimum atomic E-state index is 0.0265. The van der Waals surface area contributed by atoms with Gasteiger partial charge >= 0.3 is 0 Å². The Balaban J connectivity index is 1.74. The number of rotatable bonds is 4. The van der Waals surface area contributed by atoms with Gasteiger partial charge in [-0.2, -0.15) is 0 Å². The van der Waals surface area contributed by atoms with E-state index in [2.05, 4.69) is 40.4 Å². The lowest BCUT2D eigenvalue weighted by Gasteiger charge is -2.32. The molecule has 1 aliphatic rings. The third kappa shape index (κ3) is 4.60. The molecule has 0 bridgehead atoms. The summed E-state index contributed by atoms with van der Waals surface area (Å²) in [6, 6.07) is 8.12. The normalized spacial score (nSPS) is 26.2. The van der Waals surface area contributed by atoms with Crippen LogP contribution in [0.1, 0.15) is 33.1 Å². The number of halogens is 1. The topological polar surface area (TPSA) is 41.1 Å². The van der Waals surface area contributed by atoms with Crippen LogP contribution in [0.15, 0.2) is 28.7 Å². The van der Waals surface area contributed by atoms with Gasteiger partial charge in [0, 0.05) is 16.2 Å². The van der Waals surface area contributed by atoms with Crippen molar-refractivity contribution in [3.8, 4) is 0 Å². The van der Waals surface area contributed by atoms with Crippen LogP contribution in [0, 0.1) is 11.8 Å². The molecule has 2 N–H and O–H groups in total. The number of carbonyl (C=O) groups excluding carboxylic acids is 1. The molecule has 1 aromatic rings. The van der Waals surface area contributed by atoms with Crippen molar-refractivity contribution in [3.63, 3.8) is 0 Å². The molecule has 1 aliphatic carbocycles. The zero-order chi connectivity index (χ0) is 14.5. The van der Waals surface area contributed by atoms with E-state index in [1.54, 1.807) is 0 Å². The monoisotopic (exact) mass is 338 g/mol. The summed E-state index contributed by atoms with van der Waals surface area (Å²) < 4.78 is 1.01. The van der Waals surface area contributed by atoms with Crippen LogP contribution in [0.3, 0.4) is 0 Å². The van der Waals surface area contributed by atoms with Crippen LogP contribution in [0.2, 0.25) is 0 Å². The third-order valence-electron chi connectivity index (χ3n) is 4.28. The van der Waals surface area contributed by atoms with Crippen LogP contribution >= 0.6 is 15.9 Å². The number of carbonyl (C=O) groups is 1. The molecule has 0 saturated heterocycles. The Morgan fingerprint density at radius 2 is 1.90 bits per heavy atom. The van der Waals surface area contributed by atoms with E-state index in [1.807, 2.05) is 24.3 Å². The summed E-state index contributed by atoms with van der Waals surface area (Å²) in [4.78, 5) is 11.9. The molecule has 4 heteroatoms. The average Bonchev–Trinajstić information content (AvgIpc) is 2.43. The van der Waals surface area contributed by atoms with Gasteiger partial charge in [-0.05, 0) is 55.4 Å². The highest BCUT2D eigenvalue weighted by Crippen LogP contribution is 2.29. The number of hydrogen-bond acceptors (Lipinski definition) is 2. The molecule has 3 nitrogen and oxygen atoms in total. The lowest BCUT2D eigenvalue weighted by molar-refractivity contribution is -0.115. The predicted molar refractivity (Wildman–Crippen MR) is 86.7 cm³/mol. The molecule has 1 aromatic carbocycles. The summed E-state index contributed by atoms with van der Waals surface area (Å²) in [5, 5.41) is 6.29. The van der Waals surface area contributed by atoms with Gasteiger partial charge in [0.2, 0.25) is 5.91 Å². The van der Waals surface area contributed by atoms with E-state index in [9.17, 15) is 4.79 Å². The SMILES string of the molecule is CC1CCC(NCC(=O)Nc2ccc(Br)cc2)CC1C. The van der Waals surface area contributed by atoms with Crippen LogP contribution in [0.4, 0.5) is 5.69 Å². The highest BCUT2D eigenvalue weighted by Gasteiger charge is 2.24. The van der Waals surface area contributed by atoms with Crippen LogP contribution in [0.25, 0.3) is 0 Å². The average molecular weight is 339 g/mol. The molecule has 0 heterocycles. The van der Waals surface area contributed by atoms with Crippen molar-refractivity contribution in [1.82, 2.24) is 5.32 Å². The van der Waals surface area contributed by atoms with Crippen molar-refractivity contribution in [1.29, 1.82) is 0 Å². The molecule has 0 radical (unpaired) electrons. The number of nitrogens with one attached hydrogen (secondary N) is 2. The molecule has 1 fully saturated rings. The van der Waals surface area contributed by atoms with E-state index in [1.165, 1.54) is 19.3 Å². The highest BCUT2D eigenvalue weighted by molar-refractivity contribution is 9.10. The number of hydrogen-bond donors (Lipinski definition) is 2. The Kier molecular flexibility index (Phi) is 5.61. The predicted octanol–water partition coefficient (Wildman–Crippen LogP) is 3.80. The first-order chi connectivity index (χ1) is 9.54. The van der Waals surface area contributed by atoms with Gasteiger partial charge in [-0.3, -0.25) is 4.79 Å². The zero-order valence-corrected chi connectivity index (χ0v) is 13.7. The maximum Gasteiger partial charge on any atom is 0.238 e. The molecule has 0 aliphatic heterocycles. The summed E-state index contributed by atoms with van der Waals surface area (Å²) in [5.41, 5.74) is 0.839. The van der Waals surface area contributed by atoms with Crippen LogP contribution in [0.5, 0.6) is 0 Å². The van der Waals surface area contributed by atoms with Crippen molar-refractivity contribution in [2.24, 2.45) is 11.8 Å². The van der Waals surface area contributed by atoms with Crippen molar-refractivity contribution < 1.29 is 4.79 Å². The van der Waals surface area contributed by atoms with Gasteiger partial charge in [0.15, 0.2) is 0 Å². The molecule has 3 atom stereocenters. The largest absolute Gasteiger partial charge is 0.325 e. The van der Waals surface area contributed by atoms with Gasteiger partial charge in [-0.15, -0.1) is 0 Å². The second-order valence-corrected chi connectivity index (χ2v) is 6.82. The first-order valence-electron chi connectivity index (χ1n) is 7.33. The van der Waals surface area contributed by atoms with Crippen LogP contribution < -0.4 is 10.6 Å². The first kappa shape index (κ1) is 15.5. The van der Waals surface area contributed by atoms with Gasteiger partial charge in [0.25, 0.3) is 0 Å². The summed E-state index contributed by atoms with van der Waals surface area (Å²) in [6.07, 6.45) is 3.61. The molecule has 3 unspecified atom stereocenters. The fourth-order valence-corrected chi connectivity index (χ4v) is 2.97. The standard InChI is InChI=1S/C16H23BrN2O/c1-11-3-6-15(9-12(11)2)18-10-16(20)19-14-7-4-13(17)5-8-14/h4-5,7-8,11-12,15,18H,3,6,9-10H2,1-2H3,(H,19,20). The second-order valence-electron chi connectivity index (χ2n) is 5.90. The lowest BCUT2D eigenvalue weighted by Crippen LogP contribution is -2.40. The summed E-state index contributed by atoms with van der Waals surface area (Å²) in [7, 11) is 0. The molecular formula is C16H23BrN2O. The fraction of sp³-hybridized carbons (Fsp3) is 0.562. The maximum atomic E-state index is 11.9. The Labute approximate surface area is 129 Å². The van der Waals surface area contributed by atoms with E-state index < -0.39 is 0 Å². The fourth-order valence-electron chi connectivity index (χ4n) is 2.71. The Hall–Kier alpha value is -0.870. The van der Waals surface area contributed by atoms with Gasteiger partial charge in [0.1, 0.15) is 0 Å². The van der Waals surface area contributed by atoms with Crippen LogP contribution in [-0.4, -0.2) is 18.5 Å². The molecule has 2 rings (SSSR count). The third-order valence-corrected chi connectivity index (χ3v) is 4.81. The summed E-state index contributed by atoms with van der Waals surface area (Å²) >= 11 is 3.38. The van der Waals surface area contributed by atoms with E-state index in [-0.39, 0.29) is 5.91 Å². The van der Waals surface area contributed by atoms with Gasteiger partial charge < -0.3 is 10.6 Å². The Bertz CT molecular complexity index is 446. The number of anilines is 1. The second kappa shape index (κ2) is 7.23. The van der Waals surface area contributed by atoms with E-state index in [0.717, 1.165) is 22.0 Å². The summed E-state index contributed by atoms with van der Waals surface area (Å²) in [6.45, 7) is 5.02.